The molecule has 1 fully saturated rings. The summed E-state index contributed by atoms with van der Waals surface area (Å²) in [6.45, 7) is 7.06. The smallest absolute Gasteiger partial charge is 0.126 e. The summed E-state index contributed by atoms with van der Waals surface area (Å²) in [6.07, 6.45) is 3.60. The van der Waals surface area contributed by atoms with Crippen molar-refractivity contribution in [2.45, 2.75) is 52.1 Å². The first-order valence-electron chi connectivity index (χ1n) is 7.30. The molecule has 2 nitrogen and oxygen atoms in total. The first-order valence-corrected chi connectivity index (χ1v) is 7.30. The van der Waals surface area contributed by atoms with Crippen molar-refractivity contribution in [2.75, 3.05) is 18.5 Å². The zero-order valence-electron chi connectivity index (χ0n) is 12.5. The van der Waals surface area contributed by atoms with Gasteiger partial charge in [0.1, 0.15) is 5.82 Å². The monoisotopic (exact) mass is 264 g/mol. The Balaban J connectivity index is 2.30. The maximum absolute atomic E-state index is 13.9. The zero-order valence-corrected chi connectivity index (χ0v) is 12.5. The van der Waals surface area contributed by atoms with Crippen LogP contribution in [0.25, 0.3) is 0 Å². The average Bonchev–Trinajstić information content (AvgIpc) is 3.22. The summed E-state index contributed by atoms with van der Waals surface area (Å²) in [5.41, 5.74) is 2.98. The van der Waals surface area contributed by atoms with E-state index in [-0.39, 0.29) is 11.9 Å². The third-order valence-electron chi connectivity index (χ3n) is 3.95. The highest BCUT2D eigenvalue weighted by Gasteiger charge is 2.28. The van der Waals surface area contributed by atoms with E-state index < -0.39 is 0 Å². The summed E-state index contributed by atoms with van der Waals surface area (Å²) in [7, 11) is 2.13. The highest BCUT2D eigenvalue weighted by Crippen LogP contribution is 2.35. The van der Waals surface area contributed by atoms with Gasteiger partial charge in [-0.2, -0.15) is 0 Å². The summed E-state index contributed by atoms with van der Waals surface area (Å²) in [5.74, 6) is -0.104. The Morgan fingerprint density at radius 3 is 2.68 bits per heavy atom. The number of hydrogen-bond acceptors (Lipinski definition) is 2. The van der Waals surface area contributed by atoms with Gasteiger partial charge in [0.2, 0.25) is 0 Å². The van der Waals surface area contributed by atoms with Gasteiger partial charge in [0.25, 0.3) is 0 Å². The van der Waals surface area contributed by atoms with Crippen LogP contribution in [0.3, 0.4) is 0 Å². The van der Waals surface area contributed by atoms with Crippen LogP contribution in [0, 0.1) is 12.7 Å². The first kappa shape index (κ1) is 14.3. The third kappa shape index (κ3) is 3.27. The number of rotatable bonds is 6. The molecule has 0 aromatic heterocycles. The van der Waals surface area contributed by atoms with E-state index in [1.807, 2.05) is 13.0 Å². The molecule has 1 saturated carbocycles. The van der Waals surface area contributed by atoms with Gasteiger partial charge in [-0.1, -0.05) is 6.92 Å². The van der Waals surface area contributed by atoms with Crippen LogP contribution in [0.1, 0.15) is 50.3 Å². The van der Waals surface area contributed by atoms with Gasteiger partial charge < -0.3 is 10.2 Å². The molecule has 19 heavy (non-hydrogen) atoms. The predicted octanol–water partition coefficient (Wildman–Crippen LogP) is 3.79. The molecule has 0 aliphatic heterocycles. The Labute approximate surface area is 116 Å². The minimum Gasteiger partial charge on any atom is -0.371 e. The van der Waals surface area contributed by atoms with Crippen LogP contribution in [0.15, 0.2) is 12.1 Å². The number of hydrogen-bond donors (Lipinski definition) is 1. The van der Waals surface area contributed by atoms with Crippen LogP contribution in [-0.4, -0.2) is 19.6 Å². The van der Waals surface area contributed by atoms with E-state index in [4.69, 9.17) is 0 Å². The predicted molar refractivity (Wildman–Crippen MR) is 79.3 cm³/mol. The van der Waals surface area contributed by atoms with E-state index in [9.17, 15) is 4.39 Å². The molecule has 3 heteroatoms. The molecule has 0 spiro atoms. The summed E-state index contributed by atoms with van der Waals surface area (Å²) in [5, 5.41) is 3.46. The normalized spacial score (nSPS) is 16.5. The van der Waals surface area contributed by atoms with Gasteiger partial charge in [-0.25, -0.2) is 4.39 Å². The molecular formula is C16H25FN2. The van der Waals surface area contributed by atoms with Crippen LogP contribution < -0.4 is 10.2 Å². The van der Waals surface area contributed by atoms with Gasteiger partial charge in [0.05, 0.1) is 0 Å². The maximum atomic E-state index is 13.9. The standard InChI is InChI=1S/C16H25FN2/c1-5-8-18-12(3)14-10-15(17)11(2)9-16(14)19(4)13-6-7-13/h9-10,12-13,18H,5-8H2,1-4H3. The van der Waals surface area contributed by atoms with Gasteiger partial charge in [-0.15, -0.1) is 0 Å². The summed E-state index contributed by atoms with van der Waals surface area (Å²) in [4.78, 5) is 2.31. The number of aryl methyl sites for hydroxylation is 1. The number of anilines is 1. The van der Waals surface area contributed by atoms with Crippen molar-refractivity contribution in [3.63, 3.8) is 0 Å². The second kappa shape index (κ2) is 5.91. The maximum Gasteiger partial charge on any atom is 0.126 e. The fraction of sp³-hybridized carbons (Fsp3) is 0.625. The minimum absolute atomic E-state index is 0.104. The van der Waals surface area contributed by atoms with E-state index in [0.717, 1.165) is 24.1 Å². The highest BCUT2D eigenvalue weighted by molar-refractivity contribution is 5.58. The van der Waals surface area contributed by atoms with Gasteiger partial charge in [0.15, 0.2) is 0 Å². The Hall–Kier alpha value is -1.09. The van der Waals surface area contributed by atoms with Crippen molar-refractivity contribution in [1.29, 1.82) is 0 Å². The van der Waals surface area contributed by atoms with Crippen LogP contribution in [-0.2, 0) is 0 Å². The highest BCUT2D eigenvalue weighted by atomic mass is 19.1. The topological polar surface area (TPSA) is 15.3 Å². The fourth-order valence-electron chi connectivity index (χ4n) is 2.46. The second-order valence-corrected chi connectivity index (χ2v) is 5.68. The van der Waals surface area contributed by atoms with Crippen molar-refractivity contribution in [2.24, 2.45) is 0 Å². The van der Waals surface area contributed by atoms with Crippen LogP contribution >= 0.6 is 0 Å². The minimum atomic E-state index is -0.104. The largest absolute Gasteiger partial charge is 0.371 e. The van der Waals surface area contributed by atoms with Crippen molar-refractivity contribution in [3.05, 3.63) is 29.1 Å². The van der Waals surface area contributed by atoms with Crippen molar-refractivity contribution >= 4 is 5.69 Å². The van der Waals surface area contributed by atoms with Crippen molar-refractivity contribution in [1.82, 2.24) is 5.32 Å². The Bertz CT molecular complexity index is 441. The molecule has 0 heterocycles. The molecule has 1 aromatic carbocycles. The van der Waals surface area contributed by atoms with Crippen molar-refractivity contribution in [3.8, 4) is 0 Å². The molecule has 0 amide bonds. The van der Waals surface area contributed by atoms with E-state index in [1.165, 1.54) is 18.5 Å². The summed E-state index contributed by atoms with van der Waals surface area (Å²) in [6, 6.07) is 4.53. The van der Waals surface area contributed by atoms with Crippen LogP contribution in [0.4, 0.5) is 10.1 Å². The van der Waals surface area contributed by atoms with E-state index in [0.29, 0.717) is 6.04 Å². The van der Waals surface area contributed by atoms with Gasteiger partial charge >= 0.3 is 0 Å². The zero-order chi connectivity index (χ0) is 14.0. The lowest BCUT2D eigenvalue weighted by molar-refractivity contribution is 0.559. The molecular weight excluding hydrogens is 239 g/mol. The average molecular weight is 264 g/mol. The van der Waals surface area contributed by atoms with Crippen LogP contribution in [0.2, 0.25) is 0 Å². The molecule has 1 atom stereocenters. The van der Waals surface area contributed by atoms with Gasteiger partial charge in [-0.3, -0.25) is 0 Å². The summed E-state index contributed by atoms with van der Waals surface area (Å²) < 4.78 is 13.9. The molecule has 0 saturated heterocycles. The SMILES string of the molecule is CCCNC(C)c1cc(F)c(C)cc1N(C)C1CC1. The third-order valence-corrected chi connectivity index (χ3v) is 3.95. The van der Waals surface area contributed by atoms with E-state index in [2.05, 4.69) is 31.1 Å². The molecule has 1 unspecified atom stereocenters. The number of nitrogens with zero attached hydrogens (tertiary/aromatic N) is 1. The molecule has 1 aliphatic rings. The molecule has 0 bridgehead atoms. The van der Waals surface area contributed by atoms with Crippen LogP contribution in [0.5, 0.6) is 0 Å². The molecule has 1 aliphatic carbocycles. The lowest BCUT2D eigenvalue weighted by Gasteiger charge is -2.26. The number of halogens is 1. The quantitative estimate of drug-likeness (QED) is 0.841. The first-order chi connectivity index (χ1) is 9.04. The molecule has 2 rings (SSSR count). The Morgan fingerprint density at radius 1 is 1.42 bits per heavy atom. The molecule has 1 aromatic rings. The lowest BCUT2D eigenvalue weighted by atomic mass is 10.0. The number of nitrogens with one attached hydrogen (secondary N) is 1. The van der Waals surface area contributed by atoms with Gasteiger partial charge in [-0.05, 0) is 62.9 Å². The Kier molecular flexibility index (Phi) is 4.46. The summed E-state index contributed by atoms with van der Waals surface area (Å²) >= 11 is 0. The Morgan fingerprint density at radius 2 is 2.11 bits per heavy atom. The number of benzene rings is 1. The molecule has 1 N–H and O–H groups in total. The van der Waals surface area contributed by atoms with E-state index >= 15 is 0 Å². The second-order valence-electron chi connectivity index (χ2n) is 5.68. The fourth-order valence-corrected chi connectivity index (χ4v) is 2.46. The van der Waals surface area contributed by atoms with Gasteiger partial charge in [0, 0.05) is 24.8 Å². The lowest BCUT2D eigenvalue weighted by Crippen LogP contribution is -2.26. The molecule has 106 valence electrons. The van der Waals surface area contributed by atoms with Crippen molar-refractivity contribution < 1.29 is 4.39 Å². The van der Waals surface area contributed by atoms with E-state index in [1.54, 1.807) is 6.07 Å². The molecule has 0 radical (unpaired) electrons.